The fourth-order valence-corrected chi connectivity index (χ4v) is 6.19. The van der Waals surface area contributed by atoms with E-state index >= 15 is 0 Å². The monoisotopic (exact) mass is 780 g/mol. The third-order valence-electron chi connectivity index (χ3n) is 8.82. The molecule has 4 aromatic carbocycles. The third-order valence-corrected chi connectivity index (χ3v) is 9.32. The minimum Gasteiger partial charge on any atom is -0.489 e. The molecule has 0 saturated heterocycles. The van der Waals surface area contributed by atoms with Crippen molar-refractivity contribution in [2.24, 2.45) is 0 Å². The summed E-state index contributed by atoms with van der Waals surface area (Å²) in [7, 11) is 0. The average Bonchev–Trinajstić information content (AvgIpc) is 3.82. The molecule has 55 heavy (non-hydrogen) atoms. The number of fused-ring (bicyclic) bond motifs is 2. The lowest BCUT2D eigenvalue weighted by molar-refractivity contribution is 0.0217. The van der Waals surface area contributed by atoms with E-state index in [0.29, 0.717) is 49.5 Å². The van der Waals surface area contributed by atoms with Crippen molar-refractivity contribution in [3.05, 3.63) is 141 Å². The van der Waals surface area contributed by atoms with Gasteiger partial charge in [-0.25, -0.2) is 14.8 Å². The van der Waals surface area contributed by atoms with Gasteiger partial charge in [-0.3, -0.25) is 0 Å². The third kappa shape index (κ3) is 10.3. The minimum atomic E-state index is -0.524. The van der Waals surface area contributed by atoms with Crippen LogP contribution in [0, 0.1) is 0 Å². The highest BCUT2D eigenvalue weighted by Gasteiger charge is 2.29. The first-order valence-electron chi connectivity index (χ1n) is 18.2. The number of nitrogens with one attached hydrogen (secondary N) is 1. The van der Waals surface area contributed by atoms with E-state index in [-0.39, 0.29) is 6.09 Å². The normalized spacial score (nSPS) is 13.6. The van der Waals surface area contributed by atoms with Crippen molar-refractivity contribution in [3.8, 4) is 34.4 Å². The molecule has 1 N–H and O–H groups in total. The summed E-state index contributed by atoms with van der Waals surface area (Å²) in [6, 6.07) is 30.7. The molecule has 0 radical (unpaired) electrons. The first-order chi connectivity index (χ1) is 26.5. The van der Waals surface area contributed by atoms with Crippen molar-refractivity contribution in [3.63, 3.8) is 0 Å². The van der Waals surface area contributed by atoms with E-state index in [1.165, 1.54) is 0 Å². The number of halogens is 2. The number of hydrogen-bond acceptors (Lipinski definition) is 9. The van der Waals surface area contributed by atoms with Gasteiger partial charge in [0.2, 0.25) is 11.8 Å². The summed E-state index contributed by atoms with van der Waals surface area (Å²) in [6.45, 7) is 9.20. The molecule has 0 aliphatic carbocycles. The van der Waals surface area contributed by atoms with Crippen LogP contribution in [0.2, 0.25) is 10.0 Å². The molecule has 2 aliphatic rings. The summed E-state index contributed by atoms with van der Waals surface area (Å²) in [5.41, 5.74) is 5.21. The van der Waals surface area contributed by atoms with Crippen molar-refractivity contribution in [1.82, 2.24) is 20.2 Å². The molecule has 0 bridgehead atoms. The number of ether oxygens (including phenoxy) is 3. The average molecular weight is 782 g/mol. The number of carbonyl (C=O) groups excluding carboxylic acids is 1. The van der Waals surface area contributed by atoms with Crippen molar-refractivity contribution < 1.29 is 27.8 Å². The highest BCUT2D eigenvalue weighted by atomic mass is 35.5. The van der Waals surface area contributed by atoms with E-state index in [2.05, 4.69) is 15.3 Å². The number of nitrogens with zero attached hydrogens (tertiary/aromatic N) is 3. The van der Waals surface area contributed by atoms with Crippen molar-refractivity contribution >= 4 is 29.3 Å². The number of aromatic nitrogens is 2. The van der Waals surface area contributed by atoms with E-state index in [1.54, 1.807) is 4.90 Å². The van der Waals surface area contributed by atoms with Crippen molar-refractivity contribution in [2.45, 2.75) is 65.5 Å². The lowest BCUT2D eigenvalue weighted by atomic mass is 10.1. The molecule has 4 heterocycles. The molecule has 0 unspecified atom stereocenters. The Morgan fingerprint density at radius 1 is 0.709 bits per heavy atom. The van der Waals surface area contributed by atoms with Gasteiger partial charge in [-0.2, -0.15) is 0 Å². The first-order valence-corrected chi connectivity index (χ1v) is 18.9. The van der Waals surface area contributed by atoms with E-state index in [4.69, 9.17) is 46.2 Å². The Kier molecular flexibility index (Phi) is 11.8. The Morgan fingerprint density at radius 2 is 1.20 bits per heavy atom. The minimum absolute atomic E-state index is 0.329. The molecule has 284 valence electrons. The van der Waals surface area contributed by atoms with E-state index < -0.39 is 5.60 Å². The number of oxazole rings is 2. The van der Waals surface area contributed by atoms with Crippen molar-refractivity contribution in [2.75, 3.05) is 13.1 Å². The Balaban J connectivity index is 0.000000174. The number of benzene rings is 4. The lowest BCUT2D eigenvalue weighted by Crippen LogP contribution is -2.39. The summed E-state index contributed by atoms with van der Waals surface area (Å²) in [5, 5.41) is 4.73. The topological polar surface area (TPSA) is 112 Å². The maximum atomic E-state index is 12.3. The summed E-state index contributed by atoms with van der Waals surface area (Å²) in [4.78, 5) is 23.2. The van der Waals surface area contributed by atoms with Crippen LogP contribution in [-0.2, 0) is 43.9 Å². The van der Waals surface area contributed by atoms with Crippen LogP contribution in [-0.4, -0.2) is 39.7 Å². The first kappa shape index (κ1) is 38.0. The Labute approximate surface area is 330 Å². The standard InChI is InChI=1S/C24H25ClN2O4.C19H17ClN2O2/c1-24(2,3)31-23(28)27-13-12-21-20(14-27)26-22(30-21)17-6-10-19(11-7-17)29-15-16-4-8-18(25)9-5-16;20-15-5-1-13(2-6-15)12-23-16-7-3-14(4-8-16)19-22-17-11-21-10-9-18(17)24-19/h4-11H,12-15H2,1-3H3;1-8,21H,9-12H2. The summed E-state index contributed by atoms with van der Waals surface area (Å²) in [6.07, 6.45) is 1.18. The van der Waals surface area contributed by atoms with Gasteiger partial charge in [0.15, 0.2) is 0 Å². The van der Waals surface area contributed by atoms with Crippen LogP contribution in [0.25, 0.3) is 22.9 Å². The van der Waals surface area contributed by atoms with Crippen LogP contribution in [0.5, 0.6) is 11.5 Å². The zero-order valence-corrected chi connectivity index (χ0v) is 32.5. The Morgan fingerprint density at radius 3 is 1.69 bits per heavy atom. The molecule has 10 nitrogen and oxygen atoms in total. The molecular weight excluding hydrogens is 739 g/mol. The second-order valence-electron chi connectivity index (χ2n) is 14.2. The maximum absolute atomic E-state index is 12.3. The quantitative estimate of drug-likeness (QED) is 0.161. The van der Waals surface area contributed by atoms with Crippen LogP contribution >= 0.6 is 23.2 Å². The summed E-state index contributed by atoms with van der Waals surface area (Å²) >= 11 is 11.8. The predicted octanol–water partition coefficient (Wildman–Crippen LogP) is 10.1. The molecule has 12 heteroatoms. The predicted molar refractivity (Wildman–Crippen MR) is 211 cm³/mol. The van der Waals surface area contributed by atoms with Crippen LogP contribution in [0.3, 0.4) is 0 Å². The van der Waals surface area contributed by atoms with E-state index in [0.717, 1.165) is 81.2 Å². The number of hydrogen-bond donors (Lipinski definition) is 1. The van der Waals surface area contributed by atoms with E-state index in [9.17, 15) is 4.79 Å². The number of carbonyl (C=O) groups is 1. The molecule has 0 fully saturated rings. The molecule has 2 aliphatic heterocycles. The molecule has 2 aromatic heterocycles. The van der Waals surface area contributed by atoms with Crippen LogP contribution in [0.1, 0.15) is 54.8 Å². The number of rotatable bonds is 8. The zero-order valence-electron chi connectivity index (χ0n) is 30.9. The van der Waals surface area contributed by atoms with Crippen molar-refractivity contribution in [1.29, 1.82) is 0 Å². The molecule has 6 aromatic rings. The highest BCUT2D eigenvalue weighted by Crippen LogP contribution is 2.29. The Hall–Kier alpha value is -5.29. The van der Waals surface area contributed by atoms with Gasteiger partial charge < -0.3 is 33.3 Å². The smallest absolute Gasteiger partial charge is 0.410 e. The molecule has 8 rings (SSSR count). The summed E-state index contributed by atoms with van der Waals surface area (Å²) in [5.74, 6) is 4.59. The highest BCUT2D eigenvalue weighted by molar-refractivity contribution is 6.30. The van der Waals surface area contributed by atoms with Crippen LogP contribution in [0.4, 0.5) is 4.79 Å². The Bertz CT molecular complexity index is 2170. The van der Waals surface area contributed by atoms with Gasteiger partial charge in [0, 0.05) is 53.6 Å². The van der Waals surface area contributed by atoms with Gasteiger partial charge in [-0.15, -0.1) is 0 Å². The SMILES string of the molecule is CC(C)(C)OC(=O)N1CCc2oc(-c3ccc(OCc4ccc(Cl)cc4)cc3)nc2C1.Clc1ccc(COc2ccc(-c3nc4c(o3)CCNC4)cc2)cc1. The molecule has 0 saturated carbocycles. The largest absolute Gasteiger partial charge is 0.489 e. The molecule has 1 amide bonds. The van der Waals surface area contributed by atoms with Gasteiger partial charge in [0.25, 0.3) is 0 Å². The van der Waals surface area contributed by atoms with Gasteiger partial charge in [0.05, 0.1) is 12.2 Å². The fourth-order valence-electron chi connectivity index (χ4n) is 5.94. The maximum Gasteiger partial charge on any atom is 0.410 e. The van der Waals surface area contributed by atoms with Gasteiger partial charge >= 0.3 is 6.09 Å². The zero-order chi connectivity index (χ0) is 38.4. The van der Waals surface area contributed by atoms with Crippen LogP contribution < -0.4 is 14.8 Å². The molecule has 0 spiro atoms. The van der Waals surface area contributed by atoms with E-state index in [1.807, 2.05) is 118 Å². The number of amides is 1. The molecule has 0 atom stereocenters. The fraction of sp³-hybridized carbons (Fsp3) is 0.279. The van der Waals surface area contributed by atoms with Gasteiger partial charge in [-0.05, 0) is 105 Å². The van der Waals surface area contributed by atoms with Gasteiger partial charge in [-0.1, -0.05) is 47.5 Å². The second kappa shape index (κ2) is 17.0. The molecular formula is C43H42Cl2N4O6. The summed E-state index contributed by atoms with van der Waals surface area (Å²) < 4.78 is 28.9. The second-order valence-corrected chi connectivity index (χ2v) is 15.1. The lowest BCUT2D eigenvalue weighted by Gasteiger charge is -2.28. The van der Waals surface area contributed by atoms with Crippen LogP contribution in [0.15, 0.2) is 106 Å². The van der Waals surface area contributed by atoms with Gasteiger partial charge in [0.1, 0.15) is 47.5 Å².